The molecule has 0 radical (unpaired) electrons. The third kappa shape index (κ3) is 3.31. The number of nitrogens with zero attached hydrogens (tertiary/aromatic N) is 2. The molecule has 0 spiro atoms. The van der Waals surface area contributed by atoms with E-state index < -0.39 is 5.97 Å². The summed E-state index contributed by atoms with van der Waals surface area (Å²) in [5, 5.41) is 12.8. The molecule has 0 aliphatic heterocycles. The maximum absolute atomic E-state index is 10.9. The van der Waals surface area contributed by atoms with Gasteiger partial charge in [0.25, 0.3) is 0 Å². The van der Waals surface area contributed by atoms with Gasteiger partial charge in [-0.25, -0.2) is 14.8 Å². The lowest BCUT2D eigenvalue weighted by atomic mass is 10.0. The molecule has 0 amide bonds. The largest absolute Gasteiger partial charge is 0.477 e. The van der Waals surface area contributed by atoms with Crippen molar-refractivity contribution in [2.75, 3.05) is 5.32 Å². The minimum Gasteiger partial charge on any atom is -0.477 e. The van der Waals surface area contributed by atoms with Gasteiger partial charge in [0.15, 0.2) is 5.69 Å². The Morgan fingerprint density at radius 1 is 1.33 bits per heavy atom. The van der Waals surface area contributed by atoms with Crippen molar-refractivity contribution in [1.82, 2.24) is 9.97 Å². The van der Waals surface area contributed by atoms with E-state index in [0.29, 0.717) is 23.3 Å². The van der Waals surface area contributed by atoms with E-state index in [2.05, 4.69) is 21.4 Å². The fraction of sp³-hybridized carbons (Fsp3) is 0.267. The Balaban J connectivity index is 1.77. The summed E-state index contributed by atoms with van der Waals surface area (Å²) in [6.07, 6.45) is 3.67. The summed E-state index contributed by atoms with van der Waals surface area (Å²) in [7, 11) is 0. The molecule has 108 valence electrons. The van der Waals surface area contributed by atoms with Crippen molar-refractivity contribution >= 4 is 23.4 Å². The second kappa shape index (κ2) is 5.69. The lowest BCUT2D eigenvalue weighted by molar-refractivity contribution is 0.0690. The molecule has 1 saturated carbocycles. The number of anilines is 1. The minimum absolute atomic E-state index is 0.0268. The van der Waals surface area contributed by atoms with Crippen molar-refractivity contribution in [3.63, 3.8) is 0 Å². The van der Waals surface area contributed by atoms with Crippen LogP contribution in [0.2, 0.25) is 5.02 Å². The van der Waals surface area contributed by atoms with Crippen molar-refractivity contribution in [1.29, 1.82) is 0 Å². The van der Waals surface area contributed by atoms with Crippen molar-refractivity contribution in [2.24, 2.45) is 0 Å². The van der Waals surface area contributed by atoms with E-state index in [0.717, 1.165) is 5.56 Å². The summed E-state index contributed by atoms with van der Waals surface area (Å²) in [6.45, 7) is 0.558. The van der Waals surface area contributed by atoms with Crippen LogP contribution in [0.25, 0.3) is 0 Å². The molecule has 0 unspecified atom stereocenters. The molecule has 1 aliphatic carbocycles. The Morgan fingerprint density at radius 3 is 2.86 bits per heavy atom. The van der Waals surface area contributed by atoms with Crippen LogP contribution < -0.4 is 5.32 Å². The maximum Gasteiger partial charge on any atom is 0.354 e. The Labute approximate surface area is 127 Å². The van der Waals surface area contributed by atoms with E-state index >= 15 is 0 Å². The SMILES string of the molecule is O=C(O)c1cc(NCc2cc(Cl)ccc2C2CC2)ncn1. The topological polar surface area (TPSA) is 75.1 Å². The highest BCUT2D eigenvalue weighted by Gasteiger charge is 2.25. The Bertz CT molecular complexity index is 686. The highest BCUT2D eigenvalue weighted by Crippen LogP contribution is 2.42. The molecule has 1 heterocycles. The molecule has 21 heavy (non-hydrogen) atoms. The molecule has 2 aromatic rings. The first-order chi connectivity index (χ1) is 10.1. The van der Waals surface area contributed by atoms with Crippen LogP contribution >= 0.6 is 11.6 Å². The second-order valence-electron chi connectivity index (χ2n) is 5.06. The number of hydrogen-bond donors (Lipinski definition) is 2. The molecule has 1 aromatic heterocycles. The van der Waals surface area contributed by atoms with E-state index in [9.17, 15) is 4.79 Å². The summed E-state index contributed by atoms with van der Waals surface area (Å²) in [6, 6.07) is 7.34. The van der Waals surface area contributed by atoms with Gasteiger partial charge in [0.1, 0.15) is 12.1 Å². The second-order valence-corrected chi connectivity index (χ2v) is 5.50. The van der Waals surface area contributed by atoms with E-state index in [1.807, 2.05) is 12.1 Å². The molecule has 0 saturated heterocycles. The normalized spacial score (nSPS) is 14.0. The first-order valence-electron chi connectivity index (χ1n) is 6.71. The molecule has 1 aliphatic rings. The van der Waals surface area contributed by atoms with Crippen LogP contribution in [0.1, 0.15) is 40.4 Å². The molecule has 3 rings (SSSR count). The van der Waals surface area contributed by atoms with Gasteiger partial charge in [-0.05, 0) is 42.0 Å². The van der Waals surface area contributed by atoms with Crippen molar-refractivity contribution in [2.45, 2.75) is 25.3 Å². The van der Waals surface area contributed by atoms with Crippen molar-refractivity contribution in [3.05, 3.63) is 52.4 Å². The summed E-state index contributed by atoms with van der Waals surface area (Å²) in [5.74, 6) is 0.0463. The van der Waals surface area contributed by atoms with E-state index in [1.54, 1.807) is 0 Å². The lowest BCUT2D eigenvalue weighted by Crippen LogP contribution is -2.07. The van der Waals surface area contributed by atoms with Crippen LogP contribution in [0.3, 0.4) is 0 Å². The first-order valence-corrected chi connectivity index (χ1v) is 7.09. The Hall–Kier alpha value is -2.14. The van der Waals surface area contributed by atoms with Crippen LogP contribution in [0.5, 0.6) is 0 Å². The number of benzene rings is 1. The average Bonchev–Trinajstić information content (AvgIpc) is 3.30. The number of nitrogens with one attached hydrogen (secondary N) is 1. The number of carbonyl (C=O) groups is 1. The molecule has 1 aromatic carbocycles. The Kier molecular flexibility index (Phi) is 3.75. The predicted molar refractivity (Wildman–Crippen MR) is 79.7 cm³/mol. The number of halogens is 1. The number of rotatable bonds is 5. The highest BCUT2D eigenvalue weighted by molar-refractivity contribution is 6.30. The van der Waals surface area contributed by atoms with Crippen LogP contribution in [0, 0.1) is 0 Å². The van der Waals surface area contributed by atoms with Crippen molar-refractivity contribution in [3.8, 4) is 0 Å². The number of aromatic nitrogens is 2. The molecule has 6 heteroatoms. The summed E-state index contributed by atoms with van der Waals surface area (Å²) in [5.41, 5.74) is 2.40. The smallest absolute Gasteiger partial charge is 0.354 e. The molecule has 2 N–H and O–H groups in total. The quantitative estimate of drug-likeness (QED) is 0.886. The monoisotopic (exact) mass is 303 g/mol. The highest BCUT2D eigenvalue weighted by atomic mass is 35.5. The average molecular weight is 304 g/mol. The van der Waals surface area contributed by atoms with Gasteiger partial charge in [0.05, 0.1) is 0 Å². The molecule has 0 bridgehead atoms. The Morgan fingerprint density at radius 2 is 2.14 bits per heavy atom. The third-order valence-electron chi connectivity index (χ3n) is 3.47. The first kappa shape index (κ1) is 13.8. The van der Waals surface area contributed by atoms with Gasteiger partial charge in [-0.3, -0.25) is 0 Å². The fourth-order valence-electron chi connectivity index (χ4n) is 2.28. The number of aromatic carboxylic acids is 1. The van der Waals surface area contributed by atoms with Crippen LogP contribution in [0.15, 0.2) is 30.6 Å². The van der Waals surface area contributed by atoms with Gasteiger partial charge >= 0.3 is 5.97 Å². The molecule has 0 atom stereocenters. The standard InChI is InChI=1S/C15H14ClN3O2/c16-11-3-4-12(9-1-2-9)10(5-11)7-17-14-6-13(15(20)21)18-8-19-14/h3-6,8-9H,1-2,7H2,(H,20,21)(H,17,18,19). The van der Waals surface area contributed by atoms with Gasteiger partial charge in [0.2, 0.25) is 0 Å². The maximum atomic E-state index is 10.9. The number of carboxylic acid groups (broad SMARTS) is 1. The zero-order chi connectivity index (χ0) is 14.8. The minimum atomic E-state index is -1.07. The third-order valence-corrected chi connectivity index (χ3v) is 3.70. The number of hydrogen-bond acceptors (Lipinski definition) is 4. The number of carboxylic acids is 1. The van der Waals surface area contributed by atoms with Crippen LogP contribution in [0.4, 0.5) is 5.82 Å². The molecule has 5 nitrogen and oxygen atoms in total. The van der Waals surface area contributed by atoms with E-state index in [1.165, 1.54) is 30.8 Å². The zero-order valence-corrected chi connectivity index (χ0v) is 12.0. The summed E-state index contributed by atoms with van der Waals surface area (Å²) < 4.78 is 0. The van der Waals surface area contributed by atoms with Gasteiger partial charge in [-0.15, -0.1) is 0 Å². The predicted octanol–water partition coefficient (Wildman–Crippen LogP) is 3.32. The van der Waals surface area contributed by atoms with Gasteiger partial charge in [0, 0.05) is 17.6 Å². The molecule has 1 fully saturated rings. The zero-order valence-electron chi connectivity index (χ0n) is 11.2. The van der Waals surface area contributed by atoms with Crippen molar-refractivity contribution < 1.29 is 9.90 Å². The van der Waals surface area contributed by atoms with E-state index in [4.69, 9.17) is 16.7 Å². The molecular weight excluding hydrogens is 290 g/mol. The lowest BCUT2D eigenvalue weighted by Gasteiger charge is -2.11. The van der Waals surface area contributed by atoms with Crippen LogP contribution in [-0.4, -0.2) is 21.0 Å². The van der Waals surface area contributed by atoms with Gasteiger partial charge in [-0.2, -0.15) is 0 Å². The van der Waals surface area contributed by atoms with Crippen LogP contribution in [-0.2, 0) is 6.54 Å². The summed E-state index contributed by atoms with van der Waals surface area (Å²) >= 11 is 6.06. The van der Waals surface area contributed by atoms with Gasteiger partial charge in [-0.1, -0.05) is 17.7 Å². The molecular formula is C15H14ClN3O2. The van der Waals surface area contributed by atoms with E-state index in [-0.39, 0.29) is 5.69 Å². The fourth-order valence-corrected chi connectivity index (χ4v) is 2.47. The van der Waals surface area contributed by atoms with Gasteiger partial charge < -0.3 is 10.4 Å². The summed E-state index contributed by atoms with van der Waals surface area (Å²) in [4.78, 5) is 18.6.